The molecule has 12 heavy (non-hydrogen) atoms. The number of hydrogen-bond donors (Lipinski definition) is 0. The van der Waals surface area contributed by atoms with Gasteiger partial charge in [0.1, 0.15) is 13.2 Å². The van der Waals surface area contributed by atoms with E-state index in [9.17, 15) is 14.7 Å². The predicted octanol–water partition coefficient (Wildman–Crippen LogP) is -0.0883. The van der Waals surface area contributed by atoms with Gasteiger partial charge in [-0.05, 0) is 0 Å². The van der Waals surface area contributed by atoms with Crippen LogP contribution >= 0.6 is 0 Å². The van der Waals surface area contributed by atoms with Gasteiger partial charge in [0.25, 0.3) is 0 Å². The van der Waals surface area contributed by atoms with E-state index in [1.54, 1.807) is 0 Å². The SMILES string of the molecule is CC(=O)OCC(C[O])OC(C)=O. The molecule has 0 aliphatic carbocycles. The van der Waals surface area contributed by atoms with Crippen molar-refractivity contribution in [2.75, 3.05) is 13.2 Å². The molecule has 0 rings (SSSR count). The zero-order valence-corrected chi connectivity index (χ0v) is 7.03. The van der Waals surface area contributed by atoms with Crippen LogP contribution < -0.4 is 0 Å². The first-order chi connectivity index (χ1) is 5.56. The largest absolute Gasteiger partial charge is 0.462 e. The highest BCUT2D eigenvalue weighted by molar-refractivity contribution is 5.67. The second-order valence-electron chi connectivity index (χ2n) is 2.20. The molecule has 0 saturated heterocycles. The summed E-state index contributed by atoms with van der Waals surface area (Å²) >= 11 is 0. The third-order valence-electron chi connectivity index (χ3n) is 0.991. The van der Waals surface area contributed by atoms with Crippen LogP contribution in [0.1, 0.15) is 13.8 Å². The summed E-state index contributed by atoms with van der Waals surface area (Å²) in [6.45, 7) is 1.64. The normalized spacial score (nSPS) is 11.9. The molecule has 1 radical (unpaired) electrons. The van der Waals surface area contributed by atoms with Gasteiger partial charge < -0.3 is 9.47 Å². The molecule has 0 bridgehead atoms. The highest BCUT2D eigenvalue weighted by Crippen LogP contribution is 1.93. The van der Waals surface area contributed by atoms with Crippen LogP contribution in [0.4, 0.5) is 0 Å². The van der Waals surface area contributed by atoms with Crippen LogP contribution in [0.5, 0.6) is 0 Å². The molecule has 0 aromatic carbocycles. The third kappa shape index (κ3) is 5.67. The van der Waals surface area contributed by atoms with Crippen molar-refractivity contribution in [3.8, 4) is 0 Å². The molecule has 5 heteroatoms. The number of rotatable bonds is 4. The molecule has 1 atom stereocenters. The van der Waals surface area contributed by atoms with E-state index < -0.39 is 24.6 Å². The van der Waals surface area contributed by atoms with E-state index in [2.05, 4.69) is 9.47 Å². The molecule has 0 N–H and O–H groups in total. The van der Waals surface area contributed by atoms with Crippen molar-refractivity contribution < 1.29 is 24.2 Å². The van der Waals surface area contributed by atoms with E-state index in [4.69, 9.17) is 0 Å². The molecule has 0 heterocycles. The molecule has 0 aliphatic rings. The summed E-state index contributed by atoms with van der Waals surface area (Å²) in [7, 11) is 0. The minimum atomic E-state index is -0.869. The van der Waals surface area contributed by atoms with Crippen molar-refractivity contribution in [3.05, 3.63) is 0 Å². The Morgan fingerprint density at radius 1 is 1.25 bits per heavy atom. The Kier molecular flexibility index (Phi) is 5.03. The maximum Gasteiger partial charge on any atom is 0.303 e. The van der Waals surface area contributed by atoms with Gasteiger partial charge in [0.2, 0.25) is 0 Å². The van der Waals surface area contributed by atoms with Crippen LogP contribution in [0, 0.1) is 0 Å². The van der Waals surface area contributed by atoms with Crippen LogP contribution in [-0.2, 0) is 24.2 Å². The van der Waals surface area contributed by atoms with Crippen LogP contribution in [0.2, 0.25) is 0 Å². The van der Waals surface area contributed by atoms with Crippen molar-refractivity contribution in [3.63, 3.8) is 0 Å². The molecular formula is C7H11O5. The van der Waals surface area contributed by atoms with E-state index in [1.807, 2.05) is 0 Å². The fraction of sp³-hybridized carbons (Fsp3) is 0.714. The molecule has 1 unspecified atom stereocenters. The van der Waals surface area contributed by atoms with Gasteiger partial charge in [-0.1, -0.05) is 0 Å². The second-order valence-corrected chi connectivity index (χ2v) is 2.20. The molecule has 0 saturated carbocycles. The summed E-state index contributed by atoms with van der Waals surface area (Å²) in [6, 6.07) is 0. The summed E-state index contributed by atoms with van der Waals surface area (Å²) in [6.07, 6.45) is -0.869. The number of esters is 2. The van der Waals surface area contributed by atoms with Gasteiger partial charge >= 0.3 is 11.9 Å². The van der Waals surface area contributed by atoms with Crippen molar-refractivity contribution in [1.82, 2.24) is 0 Å². The maximum absolute atomic E-state index is 10.4. The zero-order chi connectivity index (χ0) is 9.56. The lowest BCUT2D eigenvalue weighted by molar-refractivity contribution is -0.159. The minimum Gasteiger partial charge on any atom is -0.462 e. The smallest absolute Gasteiger partial charge is 0.303 e. The van der Waals surface area contributed by atoms with Crippen molar-refractivity contribution in [1.29, 1.82) is 0 Å². The van der Waals surface area contributed by atoms with E-state index in [0.717, 1.165) is 0 Å². The molecule has 0 aromatic heterocycles. The minimum absolute atomic E-state index is 0.168. The Bertz CT molecular complexity index is 165. The Labute approximate surface area is 70.3 Å². The van der Waals surface area contributed by atoms with Crippen molar-refractivity contribution >= 4 is 11.9 Å². The summed E-state index contributed by atoms with van der Waals surface area (Å²) in [4.78, 5) is 20.6. The van der Waals surface area contributed by atoms with Crippen LogP contribution in [0.25, 0.3) is 0 Å². The van der Waals surface area contributed by atoms with Gasteiger partial charge in [0.05, 0.1) is 0 Å². The van der Waals surface area contributed by atoms with Crippen molar-refractivity contribution in [2.45, 2.75) is 20.0 Å². The lowest BCUT2D eigenvalue weighted by Gasteiger charge is -2.12. The monoisotopic (exact) mass is 175 g/mol. The number of carbonyl (C=O) groups is 2. The van der Waals surface area contributed by atoms with E-state index >= 15 is 0 Å². The molecule has 0 fully saturated rings. The summed E-state index contributed by atoms with van der Waals surface area (Å²) in [5.74, 6) is -1.05. The summed E-state index contributed by atoms with van der Waals surface area (Å²) < 4.78 is 9.00. The molecule has 69 valence electrons. The molecular weight excluding hydrogens is 164 g/mol. The molecule has 0 aliphatic heterocycles. The lowest BCUT2D eigenvalue weighted by atomic mass is 10.4. The van der Waals surface area contributed by atoms with Crippen LogP contribution in [-0.4, -0.2) is 31.3 Å². The summed E-state index contributed by atoms with van der Waals surface area (Å²) in [5.41, 5.74) is 0. The molecule has 0 aromatic rings. The Hall–Kier alpha value is -1.10. The maximum atomic E-state index is 10.4. The average Bonchev–Trinajstić information content (AvgIpc) is 1.97. The fourth-order valence-corrected chi connectivity index (χ4v) is 0.561. The fourth-order valence-electron chi connectivity index (χ4n) is 0.561. The quantitative estimate of drug-likeness (QED) is 0.560. The lowest BCUT2D eigenvalue weighted by Crippen LogP contribution is -2.26. The van der Waals surface area contributed by atoms with Gasteiger partial charge in [-0.2, -0.15) is 0 Å². The van der Waals surface area contributed by atoms with Gasteiger partial charge in [0, 0.05) is 13.8 Å². The van der Waals surface area contributed by atoms with Crippen LogP contribution in [0.3, 0.4) is 0 Å². The van der Waals surface area contributed by atoms with E-state index in [1.165, 1.54) is 13.8 Å². The standard InChI is InChI=1S/C7H11O5/c1-5(9)11-4-7(3-8)12-6(2)10/h7H,3-4H2,1-2H3. The molecule has 0 spiro atoms. The zero-order valence-electron chi connectivity index (χ0n) is 7.03. The topological polar surface area (TPSA) is 72.5 Å². The number of hydrogen-bond acceptors (Lipinski definition) is 4. The number of carbonyl (C=O) groups excluding carboxylic acids is 2. The first-order valence-corrected chi connectivity index (χ1v) is 3.45. The predicted molar refractivity (Wildman–Crippen MR) is 37.7 cm³/mol. The number of ether oxygens (including phenoxy) is 2. The Morgan fingerprint density at radius 2 is 1.83 bits per heavy atom. The third-order valence-corrected chi connectivity index (χ3v) is 0.991. The van der Waals surface area contributed by atoms with Gasteiger partial charge in [0.15, 0.2) is 6.10 Å². The second kappa shape index (κ2) is 5.54. The molecule has 5 nitrogen and oxygen atoms in total. The van der Waals surface area contributed by atoms with E-state index in [-0.39, 0.29) is 6.61 Å². The molecule has 0 amide bonds. The van der Waals surface area contributed by atoms with Gasteiger partial charge in [-0.15, -0.1) is 0 Å². The van der Waals surface area contributed by atoms with Crippen LogP contribution in [0.15, 0.2) is 0 Å². The highest BCUT2D eigenvalue weighted by Gasteiger charge is 2.12. The van der Waals surface area contributed by atoms with Gasteiger partial charge in [-0.3, -0.25) is 9.59 Å². The Balaban J connectivity index is 3.67. The van der Waals surface area contributed by atoms with E-state index in [0.29, 0.717) is 0 Å². The Morgan fingerprint density at radius 3 is 2.17 bits per heavy atom. The van der Waals surface area contributed by atoms with Gasteiger partial charge in [-0.25, -0.2) is 5.11 Å². The highest BCUT2D eigenvalue weighted by atomic mass is 16.6. The first-order valence-electron chi connectivity index (χ1n) is 3.45. The van der Waals surface area contributed by atoms with Crippen molar-refractivity contribution in [2.24, 2.45) is 0 Å². The average molecular weight is 175 g/mol. The summed E-state index contributed by atoms with van der Waals surface area (Å²) in [5, 5.41) is 10.3. The first kappa shape index (κ1) is 10.9.